The van der Waals surface area contributed by atoms with Crippen LogP contribution in [-0.2, 0) is 6.54 Å². The van der Waals surface area contributed by atoms with Gasteiger partial charge < -0.3 is 9.73 Å². The number of nitro groups is 1. The third kappa shape index (κ3) is 2.92. The van der Waals surface area contributed by atoms with Crippen molar-refractivity contribution in [2.75, 3.05) is 0 Å². The first-order valence-electron chi connectivity index (χ1n) is 5.16. The Bertz CT molecular complexity index is 493. The molecule has 0 spiro atoms. The summed E-state index contributed by atoms with van der Waals surface area (Å²) in [5.74, 6) is 0.352. The van der Waals surface area contributed by atoms with Gasteiger partial charge in [-0.2, -0.15) is 0 Å². The summed E-state index contributed by atoms with van der Waals surface area (Å²) in [6.45, 7) is 2.52. The van der Waals surface area contributed by atoms with Gasteiger partial charge in [0.05, 0.1) is 12.6 Å². The van der Waals surface area contributed by atoms with Gasteiger partial charge in [-0.3, -0.25) is 10.1 Å². The van der Waals surface area contributed by atoms with Crippen LogP contribution in [0.3, 0.4) is 0 Å². The van der Waals surface area contributed by atoms with Crippen LogP contribution in [0.2, 0.25) is 0 Å². The molecule has 0 radical (unpaired) electrons. The molecule has 0 aliphatic rings. The van der Waals surface area contributed by atoms with E-state index in [1.165, 1.54) is 10.9 Å². The van der Waals surface area contributed by atoms with Crippen LogP contribution < -0.4 is 5.32 Å². The van der Waals surface area contributed by atoms with Crippen LogP contribution in [0.1, 0.15) is 23.6 Å². The number of hydrogen-bond acceptors (Lipinski definition) is 5. The summed E-state index contributed by atoms with van der Waals surface area (Å²) < 4.78 is 5.05. The van der Waals surface area contributed by atoms with Crippen molar-refractivity contribution in [2.24, 2.45) is 0 Å². The van der Waals surface area contributed by atoms with Gasteiger partial charge >= 0.3 is 5.88 Å². The molecule has 0 saturated heterocycles. The highest BCUT2D eigenvalue weighted by Gasteiger charge is 2.12. The number of hydrogen-bond donors (Lipinski definition) is 1. The molecule has 0 aliphatic heterocycles. The molecular weight excluding hydrogens is 240 g/mol. The monoisotopic (exact) mass is 252 g/mol. The second-order valence-corrected chi connectivity index (χ2v) is 4.59. The zero-order valence-electron chi connectivity index (χ0n) is 9.25. The van der Waals surface area contributed by atoms with E-state index in [2.05, 4.69) is 5.32 Å². The number of rotatable bonds is 5. The fourth-order valence-corrected chi connectivity index (χ4v) is 2.21. The van der Waals surface area contributed by atoms with Crippen molar-refractivity contribution in [3.05, 3.63) is 50.4 Å². The largest absolute Gasteiger partial charge is 0.433 e. The van der Waals surface area contributed by atoms with E-state index in [4.69, 9.17) is 4.42 Å². The van der Waals surface area contributed by atoms with E-state index in [1.54, 1.807) is 17.4 Å². The highest BCUT2D eigenvalue weighted by atomic mass is 32.1. The summed E-state index contributed by atoms with van der Waals surface area (Å²) in [4.78, 5) is 11.1. The Kier molecular flexibility index (Phi) is 3.55. The Morgan fingerprint density at radius 1 is 1.53 bits per heavy atom. The standard InChI is InChI=1S/C11H12N2O3S/c1-8(10-3-2-6-17-10)12-7-9-4-5-11(16-9)13(14)15/h2-6,8,12H,7H2,1H3/t8-/m0/s1. The van der Waals surface area contributed by atoms with Crippen molar-refractivity contribution < 1.29 is 9.34 Å². The summed E-state index contributed by atoms with van der Waals surface area (Å²) in [5.41, 5.74) is 0. The van der Waals surface area contributed by atoms with Crippen LogP contribution in [0.25, 0.3) is 0 Å². The van der Waals surface area contributed by atoms with Crippen molar-refractivity contribution in [3.8, 4) is 0 Å². The molecule has 0 aliphatic carbocycles. The predicted octanol–water partition coefficient (Wildman–Crippen LogP) is 3.10. The average Bonchev–Trinajstić information content (AvgIpc) is 2.97. The second kappa shape index (κ2) is 5.11. The number of nitrogens with one attached hydrogen (secondary N) is 1. The topological polar surface area (TPSA) is 68.3 Å². The lowest BCUT2D eigenvalue weighted by molar-refractivity contribution is -0.402. The van der Waals surface area contributed by atoms with Gasteiger partial charge in [0, 0.05) is 10.9 Å². The molecule has 0 saturated carbocycles. The molecule has 90 valence electrons. The van der Waals surface area contributed by atoms with Gasteiger partial charge in [0.1, 0.15) is 10.7 Å². The minimum absolute atomic E-state index is 0.208. The Morgan fingerprint density at radius 2 is 2.35 bits per heavy atom. The minimum Gasteiger partial charge on any atom is -0.404 e. The maximum Gasteiger partial charge on any atom is 0.433 e. The lowest BCUT2D eigenvalue weighted by atomic mass is 10.2. The number of thiophene rings is 1. The van der Waals surface area contributed by atoms with Gasteiger partial charge in [0.15, 0.2) is 0 Å². The van der Waals surface area contributed by atoms with Crippen LogP contribution in [-0.4, -0.2) is 4.92 Å². The van der Waals surface area contributed by atoms with E-state index < -0.39 is 4.92 Å². The van der Waals surface area contributed by atoms with E-state index in [1.807, 2.05) is 24.4 Å². The van der Waals surface area contributed by atoms with Crippen molar-refractivity contribution in [2.45, 2.75) is 19.5 Å². The molecule has 1 atom stereocenters. The summed E-state index contributed by atoms with van der Waals surface area (Å²) in [6.07, 6.45) is 0. The van der Waals surface area contributed by atoms with Crippen LogP contribution in [0.5, 0.6) is 0 Å². The summed E-state index contributed by atoms with van der Waals surface area (Å²) in [6, 6.07) is 7.24. The molecule has 5 nitrogen and oxygen atoms in total. The average molecular weight is 252 g/mol. The van der Waals surface area contributed by atoms with Gasteiger partial charge in [0.25, 0.3) is 0 Å². The maximum atomic E-state index is 10.4. The number of nitrogens with zero attached hydrogens (tertiary/aromatic N) is 1. The van der Waals surface area contributed by atoms with E-state index in [0.29, 0.717) is 12.3 Å². The van der Waals surface area contributed by atoms with Gasteiger partial charge in [-0.25, -0.2) is 0 Å². The van der Waals surface area contributed by atoms with Crippen LogP contribution in [0, 0.1) is 10.1 Å². The quantitative estimate of drug-likeness (QED) is 0.655. The van der Waals surface area contributed by atoms with Crippen LogP contribution in [0.4, 0.5) is 5.88 Å². The van der Waals surface area contributed by atoms with Crippen LogP contribution >= 0.6 is 11.3 Å². The van der Waals surface area contributed by atoms with E-state index >= 15 is 0 Å². The van der Waals surface area contributed by atoms with Crippen molar-refractivity contribution in [1.82, 2.24) is 5.32 Å². The van der Waals surface area contributed by atoms with Gasteiger partial charge in [-0.15, -0.1) is 11.3 Å². The molecule has 0 bridgehead atoms. The van der Waals surface area contributed by atoms with E-state index in [0.717, 1.165) is 0 Å². The Hall–Kier alpha value is -1.66. The fraction of sp³-hybridized carbons (Fsp3) is 0.273. The smallest absolute Gasteiger partial charge is 0.404 e. The molecule has 0 aromatic carbocycles. The fourth-order valence-electron chi connectivity index (χ4n) is 1.45. The van der Waals surface area contributed by atoms with Crippen molar-refractivity contribution in [3.63, 3.8) is 0 Å². The highest BCUT2D eigenvalue weighted by Crippen LogP contribution is 2.20. The maximum absolute atomic E-state index is 10.4. The van der Waals surface area contributed by atoms with Crippen LogP contribution in [0.15, 0.2) is 34.1 Å². The minimum atomic E-state index is -0.536. The first-order chi connectivity index (χ1) is 8.16. The molecule has 17 heavy (non-hydrogen) atoms. The molecule has 0 unspecified atom stereocenters. The third-order valence-electron chi connectivity index (χ3n) is 2.38. The molecule has 6 heteroatoms. The molecule has 2 heterocycles. The zero-order chi connectivity index (χ0) is 12.3. The van der Waals surface area contributed by atoms with E-state index in [9.17, 15) is 10.1 Å². The van der Waals surface area contributed by atoms with Gasteiger partial charge in [-0.05, 0) is 24.4 Å². The number of furan rings is 1. The lowest BCUT2D eigenvalue weighted by Gasteiger charge is -2.09. The van der Waals surface area contributed by atoms with E-state index in [-0.39, 0.29) is 11.9 Å². The van der Waals surface area contributed by atoms with Gasteiger partial charge in [0.2, 0.25) is 0 Å². The zero-order valence-corrected chi connectivity index (χ0v) is 10.1. The molecule has 0 amide bonds. The normalized spacial score (nSPS) is 12.5. The van der Waals surface area contributed by atoms with Gasteiger partial charge in [-0.1, -0.05) is 6.07 Å². The first-order valence-corrected chi connectivity index (χ1v) is 6.04. The Morgan fingerprint density at radius 3 is 2.94 bits per heavy atom. The summed E-state index contributed by atoms with van der Waals surface area (Å²) in [7, 11) is 0. The lowest BCUT2D eigenvalue weighted by Crippen LogP contribution is -2.16. The van der Waals surface area contributed by atoms with Crippen molar-refractivity contribution in [1.29, 1.82) is 0 Å². The first kappa shape index (κ1) is 11.8. The molecule has 1 N–H and O–H groups in total. The molecule has 2 aromatic heterocycles. The highest BCUT2D eigenvalue weighted by molar-refractivity contribution is 7.10. The molecule has 2 aromatic rings. The SMILES string of the molecule is C[C@H](NCc1ccc([N+](=O)[O-])o1)c1cccs1. The third-order valence-corrected chi connectivity index (χ3v) is 3.43. The predicted molar refractivity (Wildman–Crippen MR) is 64.9 cm³/mol. The second-order valence-electron chi connectivity index (χ2n) is 3.62. The molecular formula is C11H12N2O3S. The summed E-state index contributed by atoms with van der Waals surface area (Å²) >= 11 is 1.67. The molecule has 2 rings (SSSR count). The Balaban J connectivity index is 1.91. The summed E-state index contributed by atoms with van der Waals surface area (Å²) in [5, 5.41) is 15.7. The molecule has 0 fully saturated rings. The Labute approximate surface area is 102 Å². The van der Waals surface area contributed by atoms with Crippen molar-refractivity contribution >= 4 is 17.2 Å².